The van der Waals surface area contributed by atoms with Gasteiger partial charge in [-0.25, -0.2) is 4.39 Å². The number of ether oxygens (including phenoxy) is 1. The van der Waals surface area contributed by atoms with Crippen molar-refractivity contribution in [2.24, 2.45) is 5.92 Å². The van der Waals surface area contributed by atoms with Gasteiger partial charge in [0.1, 0.15) is 0 Å². The summed E-state index contributed by atoms with van der Waals surface area (Å²) in [5.41, 5.74) is -1.14. The fourth-order valence-corrected chi connectivity index (χ4v) is 2.23. The van der Waals surface area contributed by atoms with E-state index in [1.54, 1.807) is 6.92 Å². The average Bonchev–Trinajstić information content (AvgIpc) is 2.64. The molecule has 5 heteroatoms. The maximum absolute atomic E-state index is 14.6. The molecular formula is C14H18FNO3. The van der Waals surface area contributed by atoms with Gasteiger partial charge in [-0.2, -0.15) is 0 Å². The second-order valence-electron chi connectivity index (χ2n) is 4.89. The van der Waals surface area contributed by atoms with E-state index < -0.39 is 23.5 Å². The van der Waals surface area contributed by atoms with Gasteiger partial charge in [0.25, 0.3) is 5.91 Å². The highest BCUT2D eigenvalue weighted by Gasteiger charge is 2.53. The zero-order valence-corrected chi connectivity index (χ0v) is 10.8. The molecule has 1 aromatic carbocycles. The number of hydrogen-bond acceptors (Lipinski definition) is 3. The van der Waals surface area contributed by atoms with Crippen LogP contribution in [-0.4, -0.2) is 35.9 Å². The number of alkyl halides is 1. The first-order valence-corrected chi connectivity index (χ1v) is 6.30. The minimum Gasteiger partial charge on any atom is -0.394 e. The first-order valence-electron chi connectivity index (χ1n) is 6.30. The number of halogens is 1. The fourth-order valence-electron chi connectivity index (χ4n) is 2.23. The molecule has 0 saturated carbocycles. The third kappa shape index (κ3) is 2.77. The maximum atomic E-state index is 14.6. The van der Waals surface area contributed by atoms with Crippen molar-refractivity contribution in [1.29, 1.82) is 0 Å². The summed E-state index contributed by atoms with van der Waals surface area (Å²) in [7, 11) is 0. The number of benzene rings is 1. The van der Waals surface area contributed by atoms with Crippen LogP contribution in [-0.2, 0) is 16.1 Å². The number of aliphatic hydroxyl groups is 1. The van der Waals surface area contributed by atoms with Gasteiger partial charge in [0.2, 0.25) is 5.67 Å². The normalized spacial score (nSPS) is 30.4. The average molecular weight is 267 g/mol. The molecule has 3 atom stereocenters. The Hall–Kier alpha value is -1.46. The number of aliphatic hydroxyl groups excluding tert-OH is 1. The summed E-state index contributed by atoms with van der Waals surface area (Å²) in [5, 5.41) is 11.5. The van der Waals surface area contributed by atoms with E-state index in [2.05, 4.69) is 5.32 Å². The Labute approximate surface area is 111 Å². The molecule has 1 aromatic rings. The summed E-state index contributed by atoms with van der Waals surface area (Å²) in [4.78, 5) is 11.6. The number of carbonyl (C=O) groups excluding carboxylic acids is 1. The molecule has 2 N–H and O–H groups in total. The minimum atomic E-state index is -2.07. The molecule has 0 bridgehead atoms. The number of rotatable bonds is 5. The second kappa shape index (κ2) is 5.67. The Balaban J connectivity index is 1.93. The zero-order chi connectivity index (χ0) is 13.9. The molecule has 0 unspecified atom stereocenters. The van der Waals surface area contributed by atoms with Crippen LogP contribution in [0.5, 0.6) is 0 Å². The third-order valence-electron chi connectivity index (χ3n) is 3.64. The summed E-state index contributed by atoms with van der Waals surface area (Å²) < 4.78 is 19.9. The van der Waals surface area contributed by atoms with Crippen LogP contribution in [0.3, 0.4) is 0 Å². The molecule has 1 aliphatic rings. The van der Waals surface area contributed by atoms with Crippen LogP contribution in [0.15, 0.2) is 30.3 Å². The number of amides is 1. The topological polar surface area (TPSA) is 58.6 Å². The molecule has 0 aliphatic carbocycles. The van der Waals surface area contributed by atoms with Crippen molar-refractivity contribution in [2.75, 3.05) is 13.2 Å². The lowest BCUT2D eigenvalue weighted by molar-refractivity contribution is -0.135. The van der Waals surface area contributed by atoms with Crippen LogP contribution in [0, 0.1) is 5.92 Å². The van der Waals surface area contributed by atoms with Gasteiger partial charge in [0.05, 0.1) is 25.9 Å². The van der Waals surface area contributed by atoms with E-state index in [1.807, 2.05) is 30.3 Å². The monoisotopic (exact) mass is 267 g/mol. The van der Waals surface area contributed by atoms with Crippen molar-refractivity contribution in [2.45, 2.75) is 25.2 Å². The molecule has 1 amide bonds. The van der Waals surface area contributed by atoms with E-state index in [9.17, 15) is 9.18 Å². The van der Waals surface area contributed by atoms with Crippen molar-refractivity contribution in [3.8, 4) is 0 Å². The van der Waals surface area contributed by atoms with Gasteiger partial charge < -0.3 is 15.2 Å². The third-order valence-corrected chi connectivity index (χ3v) is 3.64. The van der Waals surface area contributed by atoms with Crippen LogP contribution >= 0.6 is 0 Å². The molecule has 19 heavy (non-hydrogen) atoms. The van der Waals surface area contributed by atoms with E-state index in [4.69, 9.17) is 9.84 Å². The summed E-state index contributed by atoms with van der Waals surface area (Å²) >= 11 is 0. The van der Waals surface area contributed by atoms with Crippen molar-refractivity contribution >= 4 is 5.91 Å². The molecule has 4 nitrogen and oxygen atoms in total. The van der Waals surface area contributed by atoms with Gasteiger partial charge in [-0.1, -0.05) is 37.3 Å². The molecule has 1 heterocycles. The summed E-state index contributed by atoms with van der Waals surface area (Å²) in [6.07, 6.45) is 0. The van der Waals surface area contributed by atoms with Crippen LogP contribution in [0.25, 0.3) is 0 Å². The van der Waals surface area contributed by atoms with Crippen molar-refractivity contribution in [3.63, 3.8) is 0 Å². The quantitative estimate of drug-likeness (QED) is 0.838. The molecule has 104 valence electrons. The second-order valence-corrected chi connectivity index (χ2v) is 4.89. The van der Waals surface area contributed by atoms with Crippen molar-refractivity contribution < 1.29 is 19.0 Å². The molecule has 1 fully saturated rings. The number of nitrogens with one attached hydrogen (secondary N) is 1. The molecule has 0 aromatic heterocycles. The lowest BCUT2D eigenvalue weighted by Crippen LogP contribution is -2.41. The van der Waals surface area contributed by atoms with E-state index in [0.29, 0.717) is 0 Å². The maximum Gasteiger partial charge on any atom is 0.260 e. The smallest absolute Gasteiger partial charge is 0.260 e. The highest BCUT2D eigenvalue weighted by atomic mass is 19.1. The standard InChI is InChI=1S/C14H18FNO3/c1-10-12(7-17)16-13(18)14(10,15)9-19-8-11-5-3-2-4-6-11/h2-6,10,12,17H,7-9H2,1H3,(H,16,18)/t10-,12+,14-/m0/s1. The van der Waals surface area contributed by atoms with E-state index >= 15 is 0 Å². The molecule has 1 aliphatic heterocycles. The molecular weight excluding hydrogens is 249 g/mol. The summed E-state index contributed by atoms with van der Waals surface area (Å²) in [6.45, 7) is 1.30. The Kier molecular flexibility index (Phi) is 4.17. The summed E-state index contributed by atoms with van der Waals surface area (Å²) in [5.74, 6) is -1.31. The highest BCUT2D eigenvalue weighted by molar-refractivity contribution is 5.88. The van der Waals surface area contributed by atoms with Gasteiger partial charge in [0, 0.05) is 5.92 Å². The zero-order valence-electron chi connectivity index (χ0n) is 10.8. The largest absolute Gasteiger partial charge is 0.394 e. The Bertz CT molecular complexity index is 440. The lowest BCUT2D eigenvalue weighted by atomic mass is 9.90. The first-order chi connectivity index (χ1) is 9.08. The fraction of sp³-hybridized carbons (Fsp3) is 0.500. The van der Waals surface area contributed by atoms with Crippen molar-refractivity contribution in [3.05, 3.63) is 35.9 Å². The van der Waals surface area contributed by atoms with E-state index in [1.165, 1.54) is 0 Å². The molecule has 1 saturated heterocycles. The predicted molar refractivity (Wildman–Crippen MR) is 68.1 cm³/mol. The van der Waals surface area contributed by atoms with Crippen LogP contribution < -0.4 is 5.32 Å². The Morgan fingerprint density at radius 3 is 2.68 bits per heavy atom. The molecule has 2 rings (SSSR count). The van der Waals surface area contributed by atoms with Crippen LogP contribution in [0.4, 0.5) is 4.39 Å². The lowest BCUT2D eigenvalue weighted by Gasteiger charge is -2.23. The van der Waals surface area contributed by atoms with E-state index in [-0.39, 0.29) is 19.8 Å². The molecule has 0 radical (unpaired) electrons. The summed E-state index contributed by atoms with van der Waals surface area (Å²) in [6, 6.07) is 8.84. The number of carbonyl (C=O) groups is 1. The minimum absolute atomic E-state index is 0.260. The van der Waals surface area contributed by atoms with E-state index in [0.717, 1.165) is 5.56 Å². The molecule has 0 spiro atoms. The highest BCUT2D eigenvalue weighted by Crippen LogP contribution is 2.32. The van der Waals surface area contributed by atoms with Crippen LogP contribution in [0.1, 0.15) is 12.5 Å². The van der Waals surface area contributed by atoms with Gasteiger partial charge in [-0.05, 0) is 5.56 Å². The van der Waals surface area contributed by atoms with Gasteiger partial charge >= 0.3 is 0 Å². The SMILES string of the molecule is C[C@H]1[C@@H](CO)NC(=O)[C@]1(F)COCc1ccccc1. The number of hydrogen-bond donors (Lipinski definition) is 2. The van der Waals surface area contributed by atoms with Gasteiger partial charge in [0.15, 0.2) is 0 Å². The Morgan fingerprint density at radius 2 is 2.11 bits per heavy atom. The van der Waals surface area contributed by atoms with Gasteiger partial charge in [-0.15, -0.1) is 0 Å². The Morgan fingerprint density at radius 1 is 1.42 bits per heavy atom. The van der Waals surface area contributed by atoms with Gasteiger partial charge in [-0.3, -0.25) is 4.79 Å². The van der Waals surface area contributed by atoms with Crippen LogP contribution in [0.2, 0.25) is 0 Å². The first kappa shape index (κ1) is 14.0. The predicted octanol–water partition coefficient (Wildman–Crippen LogP) is 1.04. The van der Waals surface area contributed by atoms with Crippen molar-refractivity contribution in [1.82, 2.24) is 5.32 Å².